The first-order valence-corrected chi connectivity index (χ1v) is 7.42. The summed E-state index contributed by atoms with van der Waals surface area (Å²) in [5.74, 6) is -1.07. The second-order valence-corrected chi connectivity index (χ2v) is 5.98. The van der Waals surface area contributed by atoms with Crippen LogP contribution in [0.25, 0.3) is 0 Å². The van der Waals surface area contributed by atoms with Gasteiger partial charge in [0.25, 0.3) is 16.1 Å². The predicted molar refractivity (Wildman–Crippen MR) is 71.4 cm³/mol. The number of carbonyl (C=O) groups is 1. The van der Waals surface area contributed by atoms with E-state index >= 15 is 0 Å². The summed E-state index contributed by atoms with van der Waals surface area (Å²) in [6, 6.07) is 4.01. The van der Waals surface area contributed by atoms with Crippen molar-refractivity contribution in [3.63, 3.8) is 0 Å². The largest absolute Gasteiger partial charge is 0.396 e. The summed E-state index contributed by atoms with van der Waals surface area (Å²) in [4.78, 5) is 13.6. The smallest absolute Gasteiger partial charge is 0.277 e. The SMILES string of the molecule is Nc1c(F)cccc1C(=O)N1CCN(S(N)(=O)=O)CC1. The number of amides is 1. The molecule has 110 valence electrons. The van der Waals surface area contributed by atoms with Crippen LogP contribution in [0, 0.1) is 5.82 Å². The predicted octanol–water partition coefficient (Wildman–Crippen LogP) is -0.631. The number of hydrogen-bond donors (Lipinski definition) is 2. The zero-order chi connectivity index (χ0) is 14.9. The van der Waals surface area contributed by atoms with Gasteiger partial charge in [-0.1, -0.05) is 6.07 Å². The minimum atomic E-state index is -3.74. The Morgan fingerprint density at radius 2 is 1.80 bits per heavy atom. The molecule has 1 aromatic rings. The van der Waals surface area contributed by atoms with E-state index in [0.29, 0.717) is 0 Å². The van der Waals surface area contributed by atoms with Gasteiger partial charge in [0.15, 0.2) is 0 Å². The van der Waals surface area contributed by atoms with E-state index in [9.17, 15) is 17.6 Å². The third kappa shape index (κ3) is 2.89. The van der Waals surface area contributed by atoms with E-state index in [2.05, 4.69) is 0 Å². The lowest BCUT2D eigenvalue weighted by atomic mass is 10.1. The fourth-order valence-electron chi connectivity index (χ4n) is 2.04. The highest BCUT2D eigenvalue weighted by molar-refractivity contribution is 7.86. The van der Waals surface area contributed by atoms with Crippen molar-refractivity contribution in [2.75, 3.05) is 31.9 Å². The van der Waals surface area contributed by atoms with Crippen LogP contribution < -0.4 is 10.9 Å². The third-order valence-corrected chi connectivity index (χ3v) is 4.25. The normalized spacial score (nSPS) is 17.2. The summed E-state index contributed by atoms with van der Waals surface area (Å²) in [6.07, 6.45) is 0. The van der Waals surface area contributed by atoms with Crippen LogP contribution >= 0.6 is 0 Å². The van der Waals surface area contributed by atoms with Crippen LogP contribution in [0.4, 0.5) is 10.1 Å². The molecular weight excluding hydrogens is 287 g/mol. The molecule has 1 aliphatic heterocycles. The van der Waals surface area contributed by atoms with Gasteiger partial charge in [-0.3, -0.25) is 4.79 Å². The van der Waals surface area contributed by atoms with Gasteiger partial charge < -0.3 is 10.6 Å². The maximum Gasteiger partial charge on any atom is 0.277 e. The quantitative estimate of drug-likeness (QED) is 0.709. The average Bonchev–Trinajstić information content (AvgIpc) is 2.40. The fourth-order valence-corrected chi connectivity index (χ4v) is 2.71. The molecule has 7 nitrogen and oxygen atoms in total. The lowest BCUT2D eigenvalue weighted by Gasteiger charge is -2.33. The Labute approximate surface area is 116 Å². The number of benzene rings is 1. The van der Waals surface area contributed by atoms with Crippen molar-refractivity contribution in [3.8, 4) is 0 Å². The molecule has 2 rings (SSSR count). The molecule has 1 heterocycles. The molecule has 1 amide bonds. The highest BCUT2D eigenvalue weighted by Crippen LogP contribution is 2.18. The van der Waals surface area contributed by atoms with Crippen molar-refractivity contribution >= 4 is 21.8 Å². The molecule has 9 heteroatoms. The van der Waals surface area contributed by atoms with Gasteiger partial charge in [-0.2, -0.15) is 12.7 Å². The highest BCUT2D eigenvalue weighted by Gasteiger charge is 2.28. The molecule has 0 aliphatic carbocycles. The summed E-state index contributed by atoms with van der Waals surface area (Å²) >= 11 is 0. The van der Waals surface area contributed by atoms with E-state index in [1.165, 1.54) is 23.1 Å². The maximum atomic E-state index is 13.3. The molecule has 0 spiro atoms. The van der Waals surface area contributed by atoms with Crippen molar-refractivity contribution in [1.82, 2.24) is 9.21 Å². The monoisotopic (exact) mass is 302 g/mol. The number of para-hydroxylation sites is 1. The molecule has 20 heavy (non-hydrogen) atoms. The van der Waals surface area contributed by atoms with Crippen molar-refractivity contribution in [3.05, 3.63) is 29.6 Å². The zero-order valence-corrected chi connectivity index (χ0v) is 11.4. The van der Waals surface area contributed by atoms with Gasteiger partial charge in [-0.05, 0) is 12.1 Å². The van der Waals surface area contributed by atoms with Gasteiger partial charge in [0.05, 0.1) is 11.3 Å². The van der Waals surface area contributed by atoms with E-state index < -0.39 is 21.9 Å². The minimum Gasteiger partial charge on any atom is -0.396 e. The minimum absolute atomic E-state index is 0.0778. The van der Waals surface area contributed by atoms with Gasteiger partial charge in [-0.25, -0.2) is 9.53 Å². The molecule has 1 aromatic carbocycles. The standard InChI is InChI=1S/C11H15FN4O3S/c12-9-3-1-2-8(10(9)13)11(17)15-4-6-16(7-5-15)20(14,18)19/h1-3H,4-7,13H2,(H2,14,18,19). The molecule has 0 saturated carbocycles. The Kier molecular flexibility index (Phi) is 3.93. The van der Waals surface area contributed by atoms with Crippen LogP contribution in [0.5, 0.6) is 0 Å². The van der Waals surface area contributed by atoms with Gasteiger partial charge in [0.2, 0.25) is 0 Å². The van der Waals surface area contributed by atoms with Crippen molar-refractivity contribution in [1.29, 1.82) is 0 Å². The molecular formula is C11H15FN4O3S. The van der Waals surface area contributed by atoms with Crippen LogP contribution in [0.1, 0.15) is 10.4 Å². The number of nitrogens with zero attached hydrogens (tertiary/aromatic N) is 2. The van der Waals surface area contributed by atoms with Gasteiger partial charge in [0.1, 0.15) is 5.82 Å². The summed E-state index contributed by atoms with van der Waals surface area (Å²) in [7, 11) is -3.74. The molecule has 0 bridgehead atoms. The average molecular weight is 302 g/mol. The second-order valence-electron chi connectivity index (χ2n) is 4.44. The summed E-state index contributed by atoms with van der Waals surface area (Å²) in [5, 5.41) is 5.01. The highest BCUT2D eigenvalue weighted by atomic mass is 32.2. The Hall–Kier alpha value is -1.71. The van der Waals surface area contributed by atoms with Crippen LogP contribution in [-0.2, 0) is 10.2 Å². The molecule has 0 radical (unpaired) electrons. The summed E-state index contributed by atoms with van der Waals surface area (Å²) in [6.45, 7) is 0.593. The van der Waals surface area contributed by atoms with Crippen LogP contribution in [-0.4, -0.2) is 49.7 Å². The second kappa shape index (κ2) is 5.35. The Bertz CT molecular complexity index is 627. The first kappa shape index (κ1) is 14.7. The number of hydrogen-bond acceptors (Lipinski definition) is 4. The van der Waals surface area contributed by atoms with E-state index in [-0.39, 0.29) is 37.4 Å². The number of nitrogen functional groups attached to an aromatic ring is 1. The van der Waals surface area contributed by atoms with Gasteiger partial charge in [-0.15, -0.1) is 0 Å². The van der Waals surface area contributed by atoms with Crippen LogP contribution in [0.3, 0.4) is 0 Å². The van der Waals surface area contributed by atoms with Crippen molar-refractivity contribution in [2.24, 2.45) is 5.14 Å². The van der Waals surface area contributed by atoms with Crippen molar-refractivity contribution in [2.45, 2.75) is 0 Å². The third-order valence-electron chi connectivity index (χ3n) is 3.17. The lowest BCUT2D eigenvalue weighted by Crippen LogP contribution is -2.52. The molecule has 1 fully saturated rings. The number of rotatable bonds is 2. The van der Waals surface area contributed by atoms with Crippen molar-refractivity contribution < 1.29 is 17.6 Å². The van der Waals surface area contributed by atoms with Crippen LogP contribution in [0.2, 0.25) is 0 Å². The maximum absolute atomic E-state index is 13.3. The Balaban J connectivity index is 2.11. The van der Waals surface area contributed by atoms with E-state index in [0.717, 1.165) is 4.31 Å². The summed E-state index contributed by atoms with van der Waals surface area (Å²) in [5.41, 5.74) is 5.41. The zero-order valence-electron chi connectivity index (χ0n) is 10.6. The molecule has 4 N–H and O–H groups in total. The topological polar surface area (TPSA) is 110 Å². The van der Waals surface area contributed by atoms with E-state index in [1.54, 1.807) is 0 Å². The number of anilines is 1. The number of halogens is 1. The summed E-state index contributed by atoms with van der Waals surface area (Å²) < 4.78 is 36.7. The van der Waals surface area contributed by atoms with Gasteiger partial charge in [0, 0.05) is 26.2 Å². The first-order chi connectivity index (χ1) is 9.30. The molecule has 1 aliphatic rings. The number of carbonyl (C=O) groups excluding carboxylic acids is 1. The lowest BCUT2D eigenvalue weighted by molar-refractivity contribution is 0.0698. The molecule has 0 unspecified atom stereocenters. The molecule has 1 saturated heterocycles. The Morgan fingerprint density at radius 1 is 1.20 bits per heavy atom. The number of nitrogens with two attached hydrogens (primary N) is 2. The van der Waals surface area contributed by atoms with E-state index in [1.807, 2.05) is 0 Å². The molecule has 0 aromatic heterocycles. The van der Waals surface area contributed by atoms with Crippen LogP contribution in [0.15, 0.2) is 18.2 Å². The van der Waals surface area contributed by atoms with Gasteiger partial charge >= 0.3 is 0 Å². The van der Waals surface area contributed by atoms with E-state index in [4.69, 9.17) is 10.9 Å². The Morgan fingerprint density at radius 3 is 2.35 bits per heavy atom. The first-order valence-electron chi connectivity index (χ1n) is 5.92. The fraction of sp³-hybridized carbons (Fsp3) is 0.364. The number of piperazine rings is 1. The molecule has 0 atom stereocenters.